The fourth-order valence-electron chi connectivity index (χ4n) is 1.03. The molecule has 1 heterocycles. The zero-order chi connectivity index (χ0) is 9.97. The van der Waals surface area contributed by atoms with E-state index in [0.29, 0.717) is 21.6 Å². The highest BCUT2D eigenvalue weighted by Crippen LogP contribution is 2.25. The van der Waals surface area contributed by atoms with Gasteiger partial charge in [0.05, 0.1) is 11.8 Å². The summed E-state index contributed by atoms with van der Waals surface area (Å²) in [7, 11) is 0. The maximum atomic E-state index is 8.39. The number of rotatable bonds is 2. The quantitative estimate of drug-likeness (QED) is 0.736. The van der Waals surface area contributed by atoms with Crippen LogP contribution in [0.2, 0.25) is 5.02 Å². The number of nitriles is 1. The lowest BCUT2D eigenvalue weighted by Crippen LogP contribution is -1.71. The third-order valence-corrected chi connectivity index (χ3v) is 2.52. The predicted octanol–water partition coefficient (Wildman–Crippen LogP) is 3.10. The molecule has 0 atom stereocenters. The summed E-state index contributed by atoms with van der Waals surface area (Å²) in [6.07, 6.45) is 0. The Kier molecular flexibility index (Phi) is 2.62. The molecule has 0 fully saturated rings. The zero-order valence-corrected chi connectivity index (χ0v) is 8.60. The number of aromatic nitrogens is 1. The Labute approximate surface area is 89.7 Å². The Morgan fingerprint density at radius 3 is 3.21 bits per heavy atom. The molecule has 0 N–H and O–H groups in total. The van der Waals surface area contributed by atoms with Crippen LogP contribution < -0.4 is 0 Å². The van der Waals surface area contributed by atoms with Crippen LogP contribution in [0.3, 0.4) is 0 Å². The molecule has 0 saturated heterocycles. The number of oxazole rings is 1. The van der Waals surface area contributed by atoms with Gasteiger partial charge >= 0.3 is 0 Å². The van der Waals surface area contributed by atoms with Crippen molar-refractivity contribution in [2.24, 2.45) is 0 Å². The summed E-state index contributed by atoms with van der Waals surface area (Å²) in [5.41, 5.74) is 1.41. The van der Waals surface area contributed by atoms with Crippen LogP contribution in [0.15, 0.2) is 27.8 Å². The number of thioether (sulfide) groups is 1. The summed E-state index contributed by atoms with van der Waals surface area (Å²) in [6.45, 7) is 0. The molecule has 0 bridgehead atoms. The van der Waals surface area contributed by atoms with E-state index in [2.05, 4.69) is 4.98 Å². The highest BCUT2D eigenvalue weighted by Gasteiger charge is 2.05. The van der Waals surface area contributed by atoms with Crippen molar-refractivity contribution >= 4 is 34.5 Å². The van der Waals surface area contributed by atoms with Crippen LogP contribution in [0, 0.1) is 11.3 Å². The number of hydrogen-bond donors (Lipinski definition) is 0. The Hall–Kier alpha value is -1.18. The Balaban J connectivity index is 2.37. The second-order valence-corrected chi connectivity index (χ2v) is 3.90. The van der Waals surface area contributed by atoms with Crippen LogP contribution in [0.4, 0.5) is 0 Å². The monoisotopic (exact) mass is 224 g/mol. The van der Waals surface area contributed by atoms with E-state index in [1.165, 1.54) is 11.8 Å². The van der Waals surface area contributed by atoms with Crippen molar-refractivity contribution < 1.29 is 4.42 Å². The van der Waals surface area contributed by atoms with E-state index in [1.807, 2.05) is 6.07 Å². The molecule has 5 heteroatoms. The first-order valence-corrected chi connectivity index (χ1v) is 5.22. The zero-order valence-electron chi connectivity index (χ0n) is 7.03. The minimum atomic E-state index is 0.334. The number of benzene rings is 1. The van der Waals surface area contributed by atoms with Gasteiger partial charge in [0.15, 0.2) is 5.58 Å². The van der Waals surface area contributed by atoms with Crippen molar-refractivity contribution in [1.29, 1.82) is 5.26 Å². The van der Waals surface area contributed by atoms with Gasteiger partial charge in [-0.05, 0) is 12.1 Å². The van der Waals surface area contributed by atoms with Gasteiger partial charge in [0.1, 0.15) is 5.52 Å². The standard InChI is InChI=1S/C9H5ClN2OS/c10-6-1-2-7-8(5-6)13-9(12-7)14-4-3-11/h1-2,5H,4H2. The second-order valence-electron chi connectivity index (χ2n) is 2.54. The predicted molar refractivity (Wildman–Crippen MR) is 55.4 cm³/mol. The summed E-state index contributed by atoms with van der Waals surface area (Å²) in [5, 5.41) is 9.50. The molecule has 0 aliphatic rings. The lowest BCUT2D eigenvalue weighted by Gasteiger charge is -1.86. The van der Waals surface area contributed by atoms with Crippen LogP contribution in [0.25, 0.3) is 11.1 Å². The van der Waals surface area contributed by atoms with Crippen molar-refractivity contribution in [2.75, 3.05) is 5.75 Å². The highest BCUT2D eigenvalue weighted by atomic mass is 35.5. The van der Waals surface area contributed by atoms with Gasteiger partial charge in [0.2, 0.25) is 0 Å². The molecule has 0 spiro atoms. The van der Waals surface area contributed by atoms with Gasteiger partial charge < -0.3 is 4.42 Å². The fraction of sp³-hybridized carbons (Fsp3) is 0.111. The average Bonchev–Trinajstić information content (AvgIpc) is 2.56. The maximum Gasteiger partial charge on any atom is 0.257 e. The van der Waals surface area contributed by atoms with Crippen LogP contribution >= 0.6 is 23.4 Å². The first-order chi connectivity index (χ1) is 6.79. The van der Waals surface area contributed by atoms with Crippen LogP contribution in [-0.4, -0.2) is 10.7 Å². The first-order valence-electron chi connectivity index (χ1n) is 3.85. The summed E-state index contributed by atoms with van der Waals surface area (Å²) in [4.78, 5) is 4.18. The Morgan fingerprint density at radius 1 is 1.57 bits per heavy atom. The van der Waals surface area contributed by atoms with Crippen LogP contribution in [0.1, 0.15) is 0 Å². The van der Waals surface area contributed by atoms with Crippen molar-refractivity contribution in [2.45, 2.75) is 5.22 Å². The van der Waals surface area contributed by atoms with Crippen molar-refractivity contribution in [3.8, 4) is 6.07 Å². The first kappa shape index (κ1) is 9.38. The van der Waals surface area contributed by atoms with Gasteiger partial charge in [-0.3, -0.25) is 0 Å². The molecule has 14 heavy (non-hydrogen) atoms. The van der Waals surface area contributed by atoms with E-state index >= 15 is 0 Å². The van der Waals surface area contributed by atoms with Crippen LogP contribution in [0.5, 0.6) is 0 Å². The SMILES string of the molecule is N#CCSc1nc2ccc(Cl)cc2o1. The molecule has 0 aliphatic heterocycles. The molecule has 1 aromatic carbocycles. The maximum absolute atomic E-state index is 8.39. The van der Waals surface area contributed by atoms with Gasteiger partial charge in [-0.25, -0.2) is 4.98 Å². The van der Waals surface area contributed by atoms with Gasteiger partial charge in [0, 0.05) is 11.1 Å². The summed E-state index contributed by atoms with van der Waals surface area (Å²) < 4.78 is 5.37. The lowest BCUT2D eigenvalue weighted by atomic mass is 10.3. The minimum absolute atomic E-state index is 0.334. The van der Waals surface area contributed by atoms with E-state index in [-0.39, 0.29) is 0 Å². The number of nitrogens with zero attached hydrogens (tertiary/aromatic N) is 2. The van der Waals surface area contributed by atoms with Crippen LogP contribution in [-0.2, 0) is 0 Å². The molecule has 0 unspecified atom stereocenters. The minimum Gasteiger partial charge on any atom is -0.431 e. The molecule has 2 rings (SSSR count). The molecule has 2 aromatic rings. The number of halogens is 1. The molecule has 0 amide bonds. The van der Waals surface area contributed by atoms with E-state index < -0.39 is 0 Å². The summed E-state index contributed by atoms with van der Waals surface area (Å²) in [6, 6.07) is 7.26. The topological polar surface area (TPSA) is 49.8 Å². The number of fused-ring (bicyclic) bond motifs is 1. The van der Waals surface area contributed by atoms with Crippen molar-refractivity contribution in [3.05, 3.63) is 23.2 Å². The molecular formula is C9H5ClN2OS. The molecule has 0 radical (unpaired) electrons. The Bertz CT molecular complexity index is 503. The van der Waals surface area contributed by atoms with Gasteiger partial charge in [-0.1, -0.05) is 23.4 Å². The van der Waals surface area contributed by atoms with E-state index in [4.69, 9.17) is 21.3 Å². The fourth-order valence-corrected chi connectivity index (χ4v) is 1.69. The highest BCUT2D eigenvalue weighted by molar-refractivity contribution is 7.99. The molecule has 70 valence electrons. The molecule has 0 saturated carbocycles. The summed E-state index contributed by atoms with van der Waals surface area (Å²) >= 11 is 7.06. The van der Waals surface area contributed by atoms with Crippen molar-refractivity contribution in [1.82, 2.24) is 4.98 Å². The lowest BCUT2D eigenvalue weighted by molar-refractivity contribution is 0.490. The average molecular weight is 225 g/mol. The van der Waals surface area contributed by atoms with Gasteiger partial charge in [-0.15, -0.1) is 0 Å². The second kappa shape index (κ2) is 3.91. The smallest absolute Gasteiger partial charge is 0.257 e. The molecule has 1 aromatic heterocycles. The molecular weight excluding hydrogens is 220 g/mol. The molecule has 0 aliphatic carbocycles. The van der Waals surface area contributed by atoms with E-state index in [1.54, 1.807) is 18.2 Å². The number of hydrogen-bond acceptors (Lipinski definition) is 4. The van der Waals surface area contributed by atoms with Gasteiger partial charge in [-0.2, -0.15) is 5.26 Å². The molecule has 3 nitrogen and oxygen atoms in total. The Morgan fingerprint density at radius 2 is 2.43 bits per heavy atom. The third-order valence-electron chi connectivity index (χ3n) is 1.59. The summed E-state index contributed by atoms with van der Waals surface area (Å²) in [5.74, 6) is 0.334. The third kappa shape index (κ3) is 1.84. The van der Waals surface area contributed by atoms with Gasteiger partial charge in [0.25, 0.3) is 5.22 Å². The van der Waals surface area contributed by atoms with E-state index in [0.717, 1.165) is 5.52 Å². The largest absolute Gasteiger partial charge is 0.431 e. The normalized spacial score (nSPS) is 10.3. The van der Waals surface area contributed by atoms with Crippen molar-refractivity contribution in [3.63, 3.8) is 0 Å². The van der Waals surface area contributed by atoms with E-state index in [9.17, 15) is 0 Å².